The first kappa shape index (κ1) is 21.4. The van der Waals surface area contributed by atoms with Crippen LogP contribution in [-0.2, 0) is 0 Å². The number of nitrogens with two attached hydrogens (primary N) is 2. The molecule has 0 unspecified atom stereocenters. The lowest BCUT2D eigenvalue weighted by molar-refractivity contribution is 0.0459. The van der Waals surface area contributed by atoms with Crippen molar-refractivity contribution in [2.24, 2.45) is 11.5 Å². The van der Waals surface area contributed by atoms with Gasteiger partial charge in [0.1, 0.15) is 0 Å². The van der Waals surface area contributed by atoms with Gasteiger partial charge in [-0.1, -0.05) is 25.7 Å². The van der Waals surface area contributed by atoms with Gasteiger partial charge in [-0.15, -0.1) is 0 Å². The average molecular weight is 461 g/mol. The van der Waals surface area contributed by atoms with Gasteiger partial charge < -0.3 is 11.5 Å². The lowest BCUT2D eigenvalue weighted by atomic mass is 9.82. The van der Waals surface area contributed by atoms with Crippen LogP contribution in [0.3, 0.4) is 0 Å². The molecule has 4 atom stereocenters. The summed E-state index contributed by atoms with van der Waals surface area (Å²) in [5.41, 5.74) is 14.0. The van der Waals surface area contributed by atoms with E-state index >= 15 is 0 Å². The Bertz CT molecular complexity index is 1100. The molecule has 0 bridgehead atoms. The van der Waals surface area contributed by atoms with Crippen molar-refractivity contribution in [3.05, 3.63) is 46.5 Å². The fourth-order valence-corrected chi connectivity index (χ4v) is 6.44. The topological polar surface area (TPSA) is 127 Å². The van der Waals surface area contributed by atoms with Crippen LogP contribution in [0.25, 0.3) is 10.8 Å². The highest BCUT2D eigenvalue weighted by Crippen LogP contribution is 2.40. The zero-order valence-corrected chi connectivity index (χ0v) is 19.0. The van der Waals surface area contributed by atoms with Gasteiger partial charge in [0.05, 0.1) is 12.1 Å². The van der Waals surface area contributed by atoms with Crippen LogP contribution in [0.2, 0.25) is 0 Å². The summed E-state index contributed by atoms with van der Waals surface area (Å²) in [6, 6.07) is 5.26. The summed E-state index contributed by atoms with van der Waals surface area (Å²) in [5, 5.41) is 0.805. The van der Waals surface area contributed by atoms with Gasteiger partial charge in [-0.05, 0) is 49.9 Å². The molecular formula is C26H28N4O4. The first-order chi connectivity index (χ1) is 16.4. The maximum Gasteiger partial charge on any atom is 0.261 e. The molecule has 4 amide bonds. The van der Waals surface area contributed by atoms with Crippen LogP contribution in [-0.4, -0.2) is 57.6 Å². The molecule has 34 heavy (non-hydrogen) atoms. The van der Waals surface area contributed by atoms with Gasteiger partial charge in [-0.3, -0.25) is 29.0 Å². The summed E-state index contributed by atoms with van der Waals surface area (Å²) in [6.07, 6.45) is 6.70. The van der Waals surface area contributed by atoms with Crippen molar-refractivity contribution in [2.75, 3.05) is 0 Å². The normalized spacial score (nSPS) is 29.2. The maximum atomic E-state index is 13.6. The van der Waals surface area contributed by atoms with Gasteiger partial charge >= 0.3 is 0 Å². The predicted molar refractivity (Wildman–Crippen MR) is 125 cm³/mol. The Labute approximate surface area is 197 Å². The van der Waals surface area contributed by atoms with E-state index in [1.165, 1.54) is 9.80 Å². The van der Waals surface area contributed by atoms with Crippen LogP contribution in [0.1, 0.15) is 92.8 Å². The number of benzene rings is 2. The number of carbonyl (C=O) groups is 4. The molecule has 0 saturated heterocycles. The Kier molecular flexibility index (Phi) is 4.86. The molecule has 2 aromatic carbocycles. The molecule has 2 heterocycles. The molecule has 8 heteroatoms. The second-order valence-corrected chi connectivity index (χ2v) is 10.1. The number of nitrogens with zero attached hydrogens (tertiary/aromatic N) is 2. The number of hydrogen-bond acceptors (Lipinski definition) is 6. The number of hydrogen-bond donors (Lipinski definition) is 2. The van der Waals surface area contributed by atoms with Crippen molar-refractivity contribution >= 4 is 34.4 Å². The fraction of sp³-hybridized carbons (Fsp3) is 0.462. The van der Waals surface area contributed by atoms with E-state index in [2.05, 4.69) is 0 Å². The van der Waals surface area contributed by atoms with Crippen molar-refractivity contribution in [2.45, 2.75) is 75.5 Å². The van der Waals surface area contributed by atoms with E-state index in [9.17, 15) is 19.2 Å². The van der Waals surface area contributed by atoms with Crippen LogP contribution in [0.4, 0.5) is 0 Å². The van der Waals surface area contributed by atoms with Gasteiger partial charge in [-0.2, -0.15) is 0 Å². The largest absolute Gasteiger partial charge is 0.326 e. The third-order valence-corrected chi connectivity index (χ3v) is 8.18. The SMILES string of the molecule is N[C@@H]1CCCC[C@H]1N1C(=O)c2ccc3c4c(ccc(c24)C1=O)C(=O)N([C@@H]1CCCC[C@H]1N)C3=O. The molecule has 2 aromatic rings. The second kappa shape index (κ2) is 7.71. The van der Waals surface area contributed by atoms with Gasteiger partial charge in [0.15, 0.2) is 0 Å². The van der Waals surface area contributed by atoms with Crippen LogP contribution >= 0.6 is 0 Å². The Balaban J connectivity index is 1.49. The third-order valence-electron chi connectivity index (χ3n) is 8.18. The van der Waals surface area contributed by atoms with E-state index in [4.69, 9.17) is 11.5 Å². The van der Waals surface area contributed by atoms with Crippen molar-refractivity contribution in [1.29, 1.82) is 0 Å². The molecule has 4 N–H and O–H groups in total. The van der Waals surface area contributed by atoms with E-state index in [-0.39, 0.29) is 24.2 Å². The molecule has 6 rings (SSSR count). The summed E-state index contributed by atoms with van der Waals surface area (Å²) in [6.45, 7) is 0. The van der Waals surface area contributed by atoms with E-state index in [0.717, 1.165) is 38.5 Å². The quantitative estimate of drug-likeness (QED) is 0.663. The van der Waals surface area contributed by atoms with Gasteiger partial charge in [0.25, 0.3) is 23.6 Å². The Morgan fingerprint density at radius 3 is 1.12 bits per heavy atom. The summed E-state index contributed by atoms with van der Waals surface area (Å²) in [7, 11) is 0. The second-order valence-electron chi connectivity index (χ2n) is 10.1. The van der Waals surface area contributed by atoms with Crippen molar-refractivity contribution < 1.29 is 19.2 Å². The molecule has 176 valence electrons. The highest BCUT2D eigenvalue weighted by Gasteiger charge is 2.45. The van der Waals surface area contributed by atoms with E-state index in [1.807, 2.05) is 0 Å². The highest BCUT2D eigenvalue weighted by molar-refractivity contribution is 6.33. The number of imide groups is 2. The molecule has 2 aliphatic heterocycles. The maximum absolute atomic E-state index is 13.6. The lowest BCUT2D eigenvalue weighted by Gasteiger charge is -2.41. The van der Waals surface area contributed by atoms with E-state index < -0.39 is 23.6 Å². The van der Waals surface area contributed by atoms with E-state index in [0.29, 0.717) is 45.9 Å². The Morgan fingerprint density at radius 2 is 0.824 bits per heavy atom. The molecule has 4 aliphatic rings. The number of rotatable bonds is 2. The molecular weight excluding hydrogens is 432 g/mol. The summed E-state index contributed by atoms with van der Waals surface area (Å²) in [4.78, 5) is 56.8. The summed E-state index contributed by atoms with van der Waals surface area (Å²) < 4.78 is 0. The predicted octanol–water partition coefficient (Wildman–Crippen LogP) is 2.57. The first-order valence-electron chi connectivity index (χ1n) is 12.3. The molecule has 0 radical (unpaired) electrons. The average Bonchev–Trinajstić information content (AvgIpc) is 2.83. The lowest BCUT2D eigenvalue weighted by Crippen LogP contribution is -2.56. The van der Waals surface area contributed by atoms with Crippen molar-refractivity contribution in [1.82, 2.24) is 9.80 Å². The minimum atomic E-state index is -0.403. The molecule has 2 fully saturated rings. The van der Waals surface area contributed by atoms with Crippen LogP contribution in [0.5, 0.6) is 0 Å². The number of carbonyl (C=O) groups excluding carboxylic acids is 4. The van der Waals surface area contributed by atoms with Crippen molar-refractivity contribution in [3.63, 3.8) is 0 Å². The van der Waals surface area contributed by atoms with Crippen molar-refractivity contribution in [3.8, 4) is 0 Å². The first-order valence-corrected chi connectivity index (χ1v) is 12.3. The van der Waals surface area contributed by atoms with Gasteiger partial charge in [0, 0.05) is 45.1 Å². The number of amides is 4. The minimum Gasteiger partial charge on any atom is -0.326 e. The summed E-state index contributed by atoms with van der Waals surface area (Å²) >= 11 is 0. The zero-order valence-electron chi connectivity index (χ0n) is 19.0. The molecule has 0 aromatic heterocycles. The van der Waals surface area contributed by atoms with Gasteiger partial charge in [-0.25, -0.2) is 0 Å². The van der Waals surface area contributed by atoms with Crippen LogP contribution < -0.4 is 11.5 Å². The minimum absolute atomic E-state index is 0.257. The fourth-order valence-electron chi connectivity index (χ4n) is 6.44. The Hall–Kier alpha value is -3.10. The monoisotopic (exact) mass is 460 g/mol. The third kappa shape index (κ3) is 2.85. The van der Waals surface area contributed by atoms with Crippen LogP contribution in [0, 0.1) is 0 Å². The van der Waals surface area contributed by atoms with Crippen LogP contribution in [0.15, 0.2) is 24.3 Å². The van der Waals surface area contributed by atoms with E-state index in [1.54, 1.807) is 24.3 Å². The molecule has 8 nitrogen and oxygen atoms in total. The standard InChI is InChI=1S/C26H28N4O4/c27-17-5-1-3-7-19(17)29-23(31)13-9-11-15-22-16(12-10-14(21(13)22)24(29)32)26(34)30(25(15)33)20-8-4-2-6-18(20)28/h9-12,17-20H,1-8,27-28H2/t17-,18-,19-,20-/m1/s1. The zero-order chi connectivity index (χ0) is 23.7. The van der Waals surface area contributed by atoms with Gasteiger partial charge in [0.2, 0.25) is 0 Å². The smallest absolute Gasteiger partial charge is 0.261 e. The highest BCUT2D eigenvalue weighted by atomic mass is 16.2. The Morgan fingerprint density at radius 1 is 0.529 bits per heavy atom. The molecule has 2 saturated carbocycles. The molecule has 2 aliphatic carbocycles. The summed E-state index contributed by atoms with van der Waals surface area (Å²) in [5.74, 6) is -1.61. The molecule has 0 spiro atoms.